The molecule has 114 valence electrons. The number of piperazine rings is 1. The van der Waals surface area contributed by atoms with Crippen LogP contribution in [0.1, 0.15) is 18.1 Å². The quantitative estimate of drug-likeness (QED) is 0.844. The van der Waals surface area contributed by atoms with E-state index in [1.165, 1.54) is 0 Å². The SMILES string of the molecule is CCN1CCN(Cc2cc(C#CCO)ccc2OC)CC1. The summed E-state index contributed by atoms with van der Waals surface area (Å²) in [6.45, 7) is 8.54. The van der Waals surface area contributed by atoms with Gasteiger partial charge in [-0.15, -0.1) is 0 Å². The van der Waals surface area contributed by atoms with Gasteiger partial charge >= 0.3 is 0 Å². The molecule has 4 heteroatoms. The Hall–Kier alpha value is -1.54. The molecular weight excluding hydrogens is 264 g/mol. The minimum Gasteiger partial charge on any atom is -0.496 e. The van der Waals surface area contributed by atoms with Crippen molar-refractivity contribution in [3.63, 3.8) is 0 Å². The highest BCUT2D eigenvalue weighted by atomic mass is 16.5. The maximum atomic E-state index is 8.80. The maximum Gasteiger partial charge on any atom is 0.123 e. The summed E-state index contributed by atoms with van der Waals surface area (Å²) >= 11 is 0. The molecule has 0 amide bonds. The van der Waals surface area contributed by atoms with E-state index in [0.717, 1.165) is 56.1 Å². The first-order valence-corrected chi connectivity index (χ1v) is 7.48. The molecule has 0 spiro atoms. The predicted octanol–water partition coefficient (Wildman–Crippen LogP) is 1.18. The summed E-state index contributed by atoms with van der Waals surface area (Å²) in [5.41, 5.74) is 2.08. The summed E-state index contributed by atoms with van der Waals surface area (Å²) in [5, 5.41) is 8.80. The molecule has 1 aromatic rings. The first kappa shape index (κ1) is 15.8. The van der Waals surface area contributed by atoms with E-state index in [-0.39, 0.29) is 6.61 Å². The summed E-state index contributed by atoms with van der Waals surface area (Å²) < 4.78 is 5.45. The Bertz CT molecular complexity index is 511. The van der Waals surface area contributed by atoms with E-state index < -0.39 is 0 Å². The number of aliphatic hydroxyl groups excluding tert-OH is 1. The van der Waals surface area contributed by atoms with Gasteiger partial charge in [0.1, 0.15) is 12.4 Å². The molecule has 1 aliphatic heterocycles. The number of ether oxygens (including phenoxy) is 1. The second-order valence-corrected chi connectivity index (χ2v) is 5.20. The maximum absolute atomic E-state index is 8.80. The van der Waals surface area contributed by atoms with E-state index in [1.807, 2.05) is 12.1 Å². The summed E-state index contributed by atoms with van der Waals surface area (Å²) in [7, 11) is 1.70. The van der Waals surface area contributed by atoms with Crippen LogP contribution < -0.4 is 4.74 Å². The molecule has 0 unspecified atom stereocenters. The third-order valence-corrected chi connectivity index (χ3v) is 3.90. The summed E-state index contributed by atoms with van der Waals surface area (Å²) in [6, 6.07) is 5.95. The van der Waals surface area contributed by atoms with Crippen molar-refractivity contribution in [1.82, 2.24) is 9.80 Å². The number of likely N-dealkylation sites (N-methyl/N-ethyl adjacent to an activating group) is 1. The van der Waals surface area contributed by atoms with Crippen molar-refractivity contribution in [1.29, 1.82) is 0 Å². The van der Waals surface area contributed by atoms with Gasteiger partial charge in [-0.3, -0.25) is 4.90 Å². The smallest absolute Gasteiger partial charge is 0.123 e. The van der Waals surface area contributed by atoms with Crippen LogP contribution in [0.15, 0.2) is 18.2 Å². The molecule has 2 rings (SSSR count). The van der Waals surface area contributed by atoms with E-state index in [4.69, 9.17) is 9.84 Å². The number of hydrogen-bond acceptors (Lipinski definition) is 4. The third kappa shape index (κ3) is 4.47. The van der Waals surface area contributed by atoms with Gasteiger partial charge < -0.3 is 14.7 Å². The Morgan fingerprint density at radius 2 is 1.90 bits per heavy atom. The van der Waals surface area contributed by atoms with E-state index in [9.17, 15) is 0 Å². The molecule has 1 fully saturated rings. The lowest BCUT2D eigenvalue weighted by atomic mass is 10.1. The molecule has 1 aromatic carbocycles. The number of hydrogen-bond donors (Lipinski definition) is 1. The van der Waals surface area contributed by atoms with Crippen LogP contribution in [0.5, 0.6) is 5.75 Å². The van der Waals surface area contributed by atoms with Crippen LogP contribution in [0.4, 0.5) is 0 Å². The van der Waals surface area contributed by atoms with Crippen molar-refractivity contribution >= 4 is 0 Å². The molecule has 0 aromatic heterocycles. The minimum atomic E-state index is -0.111. The van der Waals surface area contributed by atoms with Crippen LogP contribution >= 0.6 is 0 Å². The van der Waals surface area contributed by atoms with E-state index in [2.05, 4.69) is 34.6 Å². The van der Waals surface area contributed by atoms with Gasteiger partial charge in [-0.05, 0) is 24.7 Å². The Kier molecular flexibility index (Phi) is 6.06. The number of methoxy groups -OCH3 is 1. The standard InChI is InChI=1S/C17H24N2O2/c1-3-18-8-10-19(11-9-18)14-16-13-15(5-4-12-20)6-7-17(16)21-2/h6-7,13,20H,3,8-12,14H2,1-2H3. The van der Waals surface area contributed by atoms with Crippen LogP contribution in [-0.2, 0) is 6.54 Å². The average Bonchev–Trinajstić information content (AvgIpc) is 2.54. The van der Waals surface area contributed by atoms with Crippen molar-refractivity contribution in [2.45, 2.75) is 13.5 Å². The number of nitrogens with zero attached hydrogens (tertiary/aromatic N) is 2. The van der Waals surface area contributed by atoms with Gasteiger partial charge in [-0.1, -0.05) is 18.8 Å². The van der Waals surface area contributed by atoms with Crippen molar-refractivity contribution in [3.8, 4) is 17.6 Å². The van der Waals surface area contributed by atoms with Gasteiger partial charge in [-0.2, -0.15) is 0 Å². The van der Waals surface area contributed by atoms with Crippen LogP contribution in [0.25, 0.3) is 0 Å². The second kappa shape index (κ2) is 8.04. The van der Waals surface area contributed by atoms with Gasteiger partial charge in [0.05, 0.1) is 7.11 Å². The molecule has 4 nitrogen and oxygen atoms in total. The van der Waals surface area contributed by atoms with Gasteiger partial charge in [0.15, 0.2) is 0 Å². The topological polar surface area (TPSA) is 35.9 Å². The lowest BCUT2D eigenvalue weighted by molar-refractivity contribution is 0.131. The van der Waals surface area contributed by atoms with Gasteiger partial charge in [0.2, 0.25) is 0 Å². The van der Waals surface area contributed by atoms with Crippen LogP contribution in [0.2, 0.25) is 0 Å². The molecule has 21 heavy (non-hydrogen) atoms. The fraction of sp³-hybridized carbons (Fsp3) is 0.529. The molecule has 1 saturated heterocycles. The van der Waals surface area contributed by atoms with E-state index >= 15 is 0 Å². The average molecular weight is 288 g/mol. The molecule has 0 bridgehead atoms. The lowest BCUT2D eigenvalue weighted by Gasteiger charge is -2.34. The third-order valence-electron chi connectivity index (χ3n) is 3.90. The monoisotopic (exact) mass is 288 g/mol. The molecule has 0 atom stereocenters. The fourth-order valence-corrected chi connectivity index (χ4v) is 2.63. The number of aliphatic hydroxyl groups is 1. The Morgan fingerprint density at radius 3 is 2.52 bits per heavy atom. The van der Waals surface area contributed by atoms with E-state index in [0.29, 0.717) is 0 Å². The molecule has 0 radical (unpaired) electrons. The van der Waals surface area contributed by atoms with Crippen LogP contribution in [0.3, 0.4) is 0 Å². The molecule has 1 heterocycles. The van der Waals surface area contributed by atoms with Crippen molar-refractivity contribution < 1.29 is 9.84 Å². The molecule has 1 aliphatic rings. The molecule has 0 saturated carbocycles. The van der Waals surface area contributed by atoms with E-state index in [1.54, 1.807) is 7.11 Å². The highest BCUT2D eigenvalue weighted by Crippen LogP contribution is 2.22. The highest BCUT2D eigenvalue weighted by Gasteiger charge is 2.17. The van der Waals surface area contributed by atoms with Gasteiger partial charge in [-0.25, -0.2) is 0 Å². The van der Waals surface area contributed by atoms with Crippen molar-refractivity contribution in [3.05, 3.63) is 29.3 Å². The summed E-state index contributed by atoms with van der Waals surface area (Å²) in [5.74, 6) is 6.55. The lowest BCUT2D eigenvalue weighted by Crippen LogP contribution is -2.45. The van der Waals surface area contributed by atoms with Crippen LogP contribution in [0, 0.1) is 11.8 Å². The molecular formula is C17H24N2O2. The van der Waals surface area contributed by atoms with Crippen molar-refractivity contribution in [2.75, 3.05) is 46.4 Å². The number of benzene rings is 1. The van der Waals surface area contributed by atoms with Gasteiger partial charge in [0, 0.05) is 43.9 Å². The largest absolute Gasteiger partial charge is 0.496 e. The predicted molar refractivity (Wildman–Crippen MR) is 84.3 cm³/mol. The second-order valence-electron chi connectivity index (χ2n) is 5.20. The van der Waals surface area contributed by atoms with Crippen molar-refractivity contribution in [2.24, 2.45) is 0 Å². The first-order valence-electron chi connectivity index (χ1n) is 7.48. The zero-order chi connectivity index (χ0) is 15.1. The number of rotatable bonds is 4. The Balaban J connectivity index is 2.07. The van der Waals surface area contributed by atoms with Crippen LogP contribution in [-0.4, -0.2) is 61.3 Å². The normalized spacial score (nSPS) is 16.3. The zero-order valence-electron chi connectivity index (χ0n) is 12.9. The highest BCUT2D eigenvalue weighted by molar-refractivity contribution is 5.44. The summed E-state index contributed by atoms with van der Waals surface area (Å²) in [6.07, 6.45) is 0. The first-order chi connectivity index (χ1) is 10.3. The summed E-state index contributed by atoms with van der Waals surface area (Å²) in [4.78, 5) is 4.92. The molecule has 0 aliphatic carbocycles. The minimum absolute atomic E-state index is 0.111. The fourth-order valence-electron chi connectivity index (χ4n) is 2.63. The Morgan fingerprint density at radius 1 is 1.19 bits per heavy atom. The zero-order valence-corrected chi connectivity index (χ0v) is 12.9. The Labute approximate surface area is 127 Å². The molecule has 1 N–H and O–H groups in total. The van der Waals surface area contributed by atoms with Gasteiger partial charge in [0.25, 0.3) is 0 Å².